The second kappa shape index (κ2) is 9.63. The molecular weight excluding hydrogens is 547 g/mol. The monoisotopic (exact) mass is 577 g/mol. The van der Waals surface area contributed by atoms with Crippen molar-refractivity contribution in [2.45, 2.75) is 68.7 Å². The van der Waals surface area contributed by atoms with Gasteiger partial charge in [-0.15, -0.1) is 0 Å². The average Bonchev–Trinajstić information content (AvgIpc) is 3.09. The number of alkyl halides is 3. The average molecular weight is 578 g/mol. The Morgan fingerprint density at radius 1 is 1.12 bits per heavy atom. The maximum atomic E-state index is 14.3. The van der Waals surface area contributed by atoms with Crippen LogP contribution in [0.2, 0.25) is 5.02 Å². The number of anilines is 2. The molecule has 2 aromatic rings. The van der Waals surface area contributed by atoms with Crippen LogP contribution in [-0.4, -0.2) is 54.8 Å². The van der Waals surface area contributed by atoms with E-state index in [4.69, 9.17) is 16.3 Å². The van der Waals surface area contributed by atoms with E-state index in [0.717, 1.165) is 17.3 Å². The van der Waals surface area contributed by atoms with E-state index in [2.05, 4.69) is 5.32 Å². The quantitative estimate of drug-likeness (QED) is 0.543. The molecule has 2 N–H and O–H groups in total. The highest BCUT2D eigenvalue weighted by atomic mass is 35.5. The first-order valence-corrected chi connectivity index (χ1v) is 14.0. The molecule has 2 fully saturated rings. The summed E-state index contributed by atoms with van der Waals surface area (Å²) < 4.78 is 48.8. The standard InChI is InChI=1S/C29H31ClF3N3O4/c1-27(39)15-19(16-27)36-24(37)5-2-17-12-20(14-22(25(17)36)29(31,32)33)40-11-10-35-23-4-3-18(30)13-21(23)28(26(35)38)6-8-34-9-7-28/h3-4,12-14,19,34,39H,2,5-11,15-16H2,1H3. The zero-order chi connectivity index (χ0) is 28.4. The summed E-state index contributed by atoms with van der Waals surface area (Å²) in [4.78, 5) is 29.3. The molecule has 1 spiro atoms. The number of carbonyl (C=O) groups is 2. The van der Waals surface area contributed by atoms with Crippen LogP contribution in [0.15, 0.2) is 30.3 Å². The molecule has 3 heterocycles. The third kappa shape index (κ3) is 4.54. The van der Waals surface area contributed by atoms with Crippen LogP contribution in [0.5, 0.6) is 5.75 Å². The number of aliphatic hydroxyl groups is 1. The molecule has 0 atom stereocenters. The van der Waals surface area contributed by atoms with Gasteiger partial charge in [-0.3, -0.25) is 9.59 Å². The minimum Gasteiger partial charge on any atom is -0.492 e. The van der Waals surface area contributed by atoms with Crippen LogP contribution in [0.25, 0.3) is 0 Å². The van der Waals surface area contributed by atoms with E-state index in [1.165, 1.54) is 4.90 Å². The Kier molecular flexibility index (Phi) is 6.59. The van der Waals surface area contributed by atoms with Gasteiger partial charge in [0.05, 0.1) is 28.8 Å². The van der Waals surface area contributed by atoms with Crippen LogP contribution in [0.3, 0.4) is 0 Å². The minimum atomic E-state index is -4.71. The molecular formula is C29H31ClF3N3O4. The van der Waals surface area contributed by atoms with Crippen LogP contribution in [0, 0.1) is 0 Å². The van der Waals surface area contributed by atoms with Crippen LogP contribution >= 0.6 is 11.6 Å². The van der Waals surface area contributed by atoms with E-state index in [-0.39, 0.29) is 62.1 Å². The number of carbonyl (C=O) groups excluding carboxylic acids is 2. The molecule has 0 radical (unpaired) electrons. The number of hydrogen-bond acceptors (Lipinski definition) is 5. The highest BCUT2D eigenvalue weighted by Crippen LogP contribution is 2.49. The molecule has 1 aliphatic carbocycles. The van der Waals surface area contributed by atoms with Crippen LogP contribution in [0.1, 0.15) is 55.7 Å². The molecule has 0 aromatic heterocycles. The maximum Gasteiger partial charge on any atom is 0.418 e. The van der Waals surface area contributed by atoms with Gasteiger partial charge in [0.2, 0.25) is 11.8 Å². The maximum absolute atomic E-state index is 14.3. The molecule has 40 heavy (non-hydrogen) atoms. The number of hydrogen-bond donors (Lipinski definition) is 2. The molecule has 0 bridgehead atoms. The fourth-order valence-electron chi connectivity index (χ4n) is 6.87. The Morgan fingerprint density at radius 2 is 1.85 bits per heavy atom. The van der Waals surface area contributed by atoms with Gasteiger partial charge in [0.1, 0.15) is 12.4 Å². The Hall–Kier alpha value is -2.82. The first-order valence-electron chi connectivity index (χ1n) is 13.6. The third-order valence-corrected chi connectivity index (χ3v) is 9.00. The van der Waals surface area contributed by atoms with Gasteiger partial charge in [0.25, 0.3) is 0 Å². The summed E-state index contributed by atoms with van der Waals surface area (Å²) in [5.41, 5.74) is -0.681. The number of aryl methyl sites for hydroxylation is 1. The van der Waals surface area contributed by atoms with Gasteiger partial charge in [-0.05, 0) is 93.6 Å². The van der Waals surface area contributed by atoms with E-state index in [1.807, 2.05) is 12.1 Å². The highest BCUT2D eigenvalue weighted by molar-refractivity contribution is 6.31. The Balaban J connectivity index is 1.25. The normalized spacial score (nSPS) is 25.6. The summed E-state index contributed by atoms with van der Waals surface area (Å²) in [6, 6.07) is 7.41. The van der Waals surface area contributed by atoms with Crippen molar-refractivity contribution in [1.82, 2.24) is 5.32 Å². The van der Waals surface area contributed by atoms with Crippen molar-refractivity contribution in [3.05, 3.63) is 52.0 Å². The molecule has 2 amide bonds. The minimum absolute atomic E-state index is 0.00758. The second-order valence-electron chi connectivity index (χ2n) is 11.6. The lowest BCUT2D eigenvalue weighted by atomic mass is 9.74. The van der Waals surface area contributed by atoms with Crippen LogP contribution in [-0.2, 0) is 27.6 Å². The van der Waals surface area contributed by atoms with Gasteiger partial charge < -0.3 is 25.0 Å². The number of amides is 2. The number of rotatable bonds is 5. The van der Waals surface area contributed by atoms with E-state index >= 15 is 0 Å². The van der Waals surface area contributed by atoms with Gasteiger partial charge in [-0.25, -0.2) is 0 Å². The molecule has 11 heteroatoms. The second-order valence-corrected chi connectivity index (χ2v) is 12.0. The number of ether oxygens (including phenoxy) is 1. The van der Waals surface area contributed by atoms with E-state index in [0.29, 0.717) is 36.5 Å². The van der Waals surface area contributed by atoms with Crippen molar-refractivity contribution in [2.75, 3.05) is 36.0 Å². The van der Waals surface area contributed by atoms with Crippen molar-refractivity contribution >= 4 is 34.8 Å². The fourth-order valence-corrected chi connectivity index (χ4v) is 7.05. The summed E-state index contributed by atoms with van der Waals surface area (Å²) in [6.07, 6.45) is -2.72. The zero-order valence-electron chi connectivity index (χ0n) is 22.1. The number of halogens is 4. The summed E-state index contributed by atoms with van der Waals surface area (Å²) in [5.74, 6) is -0.368. The van der Waals surface area contributed by atoms with Crippen molar-refractivity contribution in [2.24, 2.45) is 0 Å². The van der Waals surface area contributed by atoms with Crippen molar-refractivity contribution in [3.63, 3.8) is 0 Å². The van der Waals surface area contributed by atoms with Gasteiger partial charge in [-0.1, -0.05) is 11.6 Å². The number of fused-ring (bicyclic) bond motifs is 3. The molecule has 3 aliphatic heterocycles. The molecule has 6 rings (SSSR count). The smallest absolute Gasteiger partial charge is 0.418 e. The molecule has 1 saturated carbocycles. The number of nitrogens with one attached hydrogen (secondary N) is 1. The topological polar surface area (TPSA) is 82.1 Å². The summed E-state index contributed by atoms with van der Waals surface area (Å²) in [7, 11) is 0. The van der Waals surface area contributed by atoms with Gasteiger partial charge >= 0.3 is 6.18 Å². The number of nitrogens with zero attached hydrogens (tertiary/aromatic N) is 2. The first-order chi connectivity index (χ1) is 18.9. The fraction of sp³-hybridized carbons (Fsp3) is 0.517. The molecule has 2 aromatic carbocycles. The number of piperidine rings is 1. The highest BCUT2D eigenvalue weighted by Gasteiger charge is 2.51. The molecule has 7 nitrogen and oxygen atoms in total. The Bertz CT molecular complexity index is 1370. The predicted octanol–water partition coefficient (Wildman–Crippen LogP) is 4.60. The van der Waals surface area contributed by atoms with Gasteiger partial charge in [0, 0.05) is 23.2 Å². The molecule has 0 unspecified atom stereocenters. The van der Waals surface area contributed by atoms with Crippen molar-refractivity contribution in [1.29, 1.82) is 0 Å². The molecule has 214 valence electrons. The van der Waals surface area contributed by atoms with E-state index in [9.17, 15) is 27.9 Å². The van der Waals surface area contributed by atoms with Gasteiger partial charge in [-0.2, -0.15) is 13.2 Å². The Morgan fingerprint density at radius 3 is 2.52 bits per heavy atom. The van der Waals surface area contributed by atoms with Crippen molar-refractivity contribution in [3.8, 4) is 5.75 Å². The molecule has 4 aliphatic rings. The summed E-state index contributed by atoms with van der Waals surface area (Å²) >= 11 is 6.28. The lowest BCUT2D eigenvalue weighted by Gasteiger charge is -2.48. The van der Waals surface area contributed by atoms with Crippen molar-refractivity contribution < 1.29 is 32.6 Å². The molecule has 1 saturated heterocycles. The SMILES string of the molecule is CC1(O)CC(N2C(=O)CCc3cc(OCCN4C(=O)C5(CCNCC5)c5cc(Cl)ccc54)cc(C(F)(F)F)c32)C1. The summed E-state index contributed by atoms with van der Waals surface area (Å²) in [5, 5.41) is 14.0. The zero-order valence-corrected chi connectivity index (χ0v) is 22.9. The Labute approximate surface area is 235 Å². The van der Waals surface area contributed by atoms with Crippen LogP contribution in [0.4, 0.5) is 24.5 Å². The van der Waals surface area contributed by atoms with Gasteiger partial charge in [0.15, 0.2) is 0 Å². The van der Waals surface area contributed by atoms with E-state index < -0.39 is 28.8 Å². The largest absolute Gasteiger partial charge is 0.492 e. The number of benzene rings is 2. The first kappa shape index (κ1) is 27.4. The van der Waals surface area contributed by atoms with Crippen LogP contribution < -0.4 is 19.9 Å². The van der Waals surface area contributed by atoms with E-state index in [1.54, 1.807) is 24.0 Å². The lowest BCUT2D eigenvalue weighted by Crippen LogP contribution is -2.57. The third-order valence-electron chi connectivity index (χ3n) is 8.76. The summed E-state index contributed by atoms with van der Waals surface area (Å²) in [6.45, 7) is 3.19. The lowest BCUT2D eigenvalue weighted by molar-refractivity contribution is -0.137. The predicted molar refractivity (Wildman–Crippen MR) is 144 cm³/mol.